The Bertz CT molecular complexity index is 132. The van der Waals surface area contributed by atoms with Crippen LogP contribution in [-0.2, 0) is 4.74 Å². The number of likely N-dealkylation sites (N-methyl/N-ethyl adjacent to an activating group) is 1. The van der Waals surface area contributed by atoms with E-state index in [1.807, 2.05) is 7.05 Å². The van der Waals surface area contributed by atoms with E-state index in [4.69, 9.17) is 4.74 Å². The second kappa shape index (κ2) is 2.88. The largest absolute Gasteiger partial charge is 0.444 e. The fourth-order valence-corrected chi connectivity index (χ4v) is 0.927. The van der Waals surface area contributed by atoms with Gasteiger partial charge in [-0.05, 0) is 7.05 Å². The van der Waals surface area contributed by atoms with Gasteiger partial charge in [-0.1, -0.05) is 0 Å². The molecule has 0 atom stereocenters. The third-order valence-corrected chi connectivity index (χ3v) is 1.51. The van der Waals surface area contributed by atoms with Gasteiger partial charge in [0, 0.05) is 20.1 Å². The molecule has 1 saturated heterocycles. The normalized spacial score (nSPS) is 19.8. The third kappa shape index (κ3) is 1.60. The van der Waals surface area contributed by atoms with Gasteiger partial charge in [0.1, 0.15) is 6.10 Å². The summed E-state index contributed by atoms with van der Waals surface area (Å²) in [5.41, 5.74) is 0. The molecule has 1 amide bonds. The Hall–Kier alpha value is -0.770. The predicted octanol–water partition coefficient (Wildman–Crippen LogP) is -0.344. The van der Waals surface area contributed by atoms with Crippen LogP contribution in [0, 0.1) is 0 Å². The van der Waals surface area contributed by atoms with Crippen LogP contribution >= 0.6 is 0 Å². The van der Waals surface area contributed by atoms with E-state index < -0.39 is 0 Å². The number of rotatable bonds is 1. The minimum atomic E-state index is -0.335. The molecule has 0 aromatic heterocycles. The van der Waals surface area contributed by atoms with E-state index >= 15 is 0 Å². The Morgan fingerprint density at radius 3 is 2.70 bits per heavy atom. The van der Waals surface area contributed by atoms with Gasteiger partial charge in [0.2, 0.25) is 0 Å². The lowest BCUT2D eigenvalue weighted by atomic mass is 10.2. The number of alkyl carbamates (subject to hydrolysis) is 1. The van der Waals surface area contributed by atoms with Crippen molar-refractivity contribution in [2.24, 2.45) is 0 Å². The SMILES string of the molecule is CNC(=O)OC1CN(C)C1. The highest BCUT2D eigenvalue weighted by atomic mass is 16.6. The lowest BCUT2D eigenvalue weighted by Gasteiger charge is -2.34. The molecule has 4 heteroatoms. The number of hydrogen-bond acceptors (Lipinski definition) is 3. The van der Waals surface area contributed by atoms with Crippen molar-refractivity contribution in [3.63, 3.8) is 0 Å². The van der Waals surface area contributed by atoms with Gasteiger partial charge in [-0.2, -0.15) is 0 Å². The first-order valence-electron chi connectivity index (χ1n) is 3.29. The molecule has 0 aromatic rings. The van der Waals surface area contributed by atoms with Gasteiger partial charge >= 0.3 is 6.09 Å². The van der Waals surface area contributed by atoms with Gasteiger partial charge in [0.15, 0.2) is 0 Å². The van der Waals surface area contributed by atoms with Gasteiger partial charge in [0.05, 0.1) is 0 Å². The van der Waals surface area contributed by atoms with Crippen molar-refractivity contribution in [3.05, 3.63) is 0 Å². The quantitative estimate of drug-likeness (QED) is 0.547. The van der Waals surface area contributed by atoms with Crippen molar-refractivity contribution in [1.82, 2.24) is 10.2 Å². The predicted molar refractivity (Wildman–Crippen MR) is 36.8 cm³/mol. The smallest absolute Gasteiger partial charge is 0.407 e. The summed E-state index contributed by atoms with van der Waals surface area (Å²) >= 11 is 0. The second-order valence-corrected chi connectivity index (χ2v) is 2.50. The molecular weight excluding hydrogens is 132 g/mol. The number of nitrogens with zero attached hydrogens (tertiary/aromatic N) is 1. The first-order chi connectivity index (χ1) is 4.72. The number of ether oxygens (including phenoxy) is 1. The average molecular weight is 144 g/mol. The number of hydrogen-bond donors (Lipinski definition) is 1. The number of amides is 1. The standard InChI is InChI=1S/C6H12N2O2/c1-7-6(9)10-5-3-8(2)4-5/h5H,3-4H2,1-2H3,(H,7,9). The fourth-order valence-electron chi connectivity index (χ4n) is 0.927. The molecule has 4 nitrogen and oxygen atoms in total. The van der Waals surface area contributed by atoms with Crippen molar-refractivity contribution in [2.45, 2.75) is 6.10 Å². The molecule has 0 spiro atoms. The number of carbonyl (C=O) groups excluding carboxylic acids is 1. The van der Waals surface area contributed by atoms with E-state index in [0.29, 0.717) is 0 Å². The van der Waals surface area contributed by atoms with Crippen LogP contribution in [-0.4, -0.2) is 44.3 Å². The van der Waals surface area contributed by atoms with Gasteiger partial charge in [0.25, 0.3) is 0 Å². The van der Waals surface area contributed by atoms with Crippen LogP contribution < -0.4 is 5.32 Å². The van der Waals surface area contributed by atoms with Crippen LogP contribution in [0.1, 0.15) is 0 Å². The van der Waals surface area contributed by atoms with Crippen LogP contribution in [0.15, 0.2) is 0 Å². The summed E-state index contributed by atoms with van der Waals surface area (Å²) < 4.78 is 4.91. The van der Waals surface area contributed by atoms with Crippen LogP contribution in [0.2, 0.25) is 0 Å². The molecule has 1 N–H and O–H groups in total. The van der Waals surface area contributed by atoms with Crippen molar-refractivity contribution >= 4 is 6.09 Å². The van der Waals surface area contributed by atoms with Crippen LogP contribution in [0.25, 0.3) is 0 Å². The Morgan fingerprint density at radius 2 is 2.30 bits per heavy atom. The molecular formula is C6H12N2O2. The van der Waals surface area contributed by atoms with Crippen molar-refractivity contribution in [1.29, 1.82) is 0 Å². The lowest BCUT2D eigenvalue weighted by molar-refractivity contribution is 0.00150. The summed E-state index contributed by atoms with van der Waals surface area (Å²) in [6.07, 6.45) is -0.233. The Kier molecular flexibility index (Phi) is 2.11. The fraction of sp³-hybridized carbons (Fsp3) is 0.833. The average Bonchev–Trinajstić information content (AvgIpc) is 1.84. The van der Waals surface area contributed by atoms with E-state index in [0.717, 1.165) is 13.1 Å². The molecule has 0 saturated carbocycles. The Morgan fingerprint density at radius 1 is 1.70 bits per heavy atom. The zero-order valence-corrected chi connectivity index (χ0v) is 6.26. The van der Waals surface area contributed by atoms with Crippen LogP contribution in [0.3, 0.4) is 0 Å². The van der Waals surface area contributed by atoms with E-state index in [-0.39, 0.29) is 12.2 Å². The van der Waals surface area contributed by atoms with Gasteiger partial charge < -0.3 is 10.1 Å². The first kappa shape index (κ1) is 7.34. The third-order valence-electron chi connectivity index (χ3n) is 1.51. The second-order valence-electron chi connectivity index (χ2n) is 2.50. The molecule has 1 heterocycles. The maximum Gasteiger partial charge on any atom is 0.407 e. The lowest BCUT2D eigenvalue weighted by Crippen LogP contribution is -2.51. The maximum absolute atomic E-state index is 10.6. The topological polar surface area (TPSA) is 41.6 Å². The number of likely N-dealkylation sites (tertiary alicyclic amines) is 1. The number of nitrogens with one attached hydrogen (secondary N) is 1. The van der Waals surface area contributed by atoms with Gasteiger partial charge in [-0.3, -0.25) is 4.90 Å². The first-order valence-corrected chi connectivity index (χ1v) is 3.29. The molecule has 0 unspecified atom stereocenters. The highest BCUT2D eigenvalue weighted by Crippen LogP contribution is 2.07. The molecule has 1 fully saturated rings. The Balaban J connectivity index is 2.10. The highest BCUT2D eigenvalue weighted by Gasteiger charge is 2.26. The molecule has 0 aliphatic carbocycles. The van der Waals surface area contributed by atoms with Gasteiger partial charge in [-0.15, -0.1) is 0 Å². The van der Waals surface area contributed by atoms with E-state index in [1.165, 1.54) is 0 Å². The molecule has 10 heavy (non-hydrogen) atoms. The zero-order valence-electron chi connectivity index (χ0n) is 6.26. The Labute approximate surface area is 60.1 Å². The molecule has 1 aliphatic rings. The summed E-state index contributed by atoms with van der Waals surface area (Å²) in [7, 11) is 3.55. The summed E-state index contributed by atoms with van der Waals surface area (Å²) in [6.45, 7) is 1.71. The summed E-state index contributed by atoms with van der Waals surface area (Å²) in [6, 6.07) is 0. The van der Waals surface area contributed by atoms with E-state index in [9.17, 15) is 4.79 Å². The summed E-state index contributed by atoms with van der Waals surface area (Å²) in [4.78, 5) is 12.7. The summed E-state index contributed by atoms with van der Waals surface area (Å²) in [5, 5.41) is 2.40. The molecule has 0 aromatic carbocycles. The summed E-state index contributed by atoms with van der Waals surface area (Å²) in [5.74, 6) is 0. The van der Waals surface area contributed by atoms with Crippen LogP contribution in [0.4, 0.5) is 4.79 Å². The molecule has 58 valence electrons. The molecule has 1 rings (SSSR count). The van der Waals surface area contributed by atoms with E-state index in [2.05, 4.69) is 10.2 Å². The maximum atomic E-state index is 10.6. The van der Waals surface area contributed by atoms with Crippen LogP contribution in [0.5, 0.6) is 0 Å². The zero-order chi connectivity index (χ0) is 7.56. The molecule has 0 bridgehead atoms. The van der Waals surface area contributed by atoms with Crippen molar-refractivity contribution in [3.8, 4) is 0 Å². The monoisotopic (exact) mass is 144 g/mol. The number of carbonyl (C=O) groups is 1. The minimum absolute atomic E-state index is 0.102. The molecule has 0 radical (unpaired) electrons. The van der Waals surface area contributed by atoms with Crippen molar-refractivity contribution in [2.75, 3.05) is 27.2 Å². The van der Waals surface area contributed by atoms with Gasteiger partial charge in [-0.25, -0.2) is 4.79 Å². The highest BCUT2D eigenvalue weighted by molar-refractivity contribution is 5.66. The van der Waals surface area contributed by atoms with Crippen molar-refractivity contribution < 1.29 is 9.53 Å². The molecule has 1 aliphatic heterocycles. The minimum Gasteiger partial charge on any atom is -0.444 e. The van der Waals surface area contributed by atoms with E-state index in [1.54, 1.807) is 7.05 Å².